The lowest BCUT2D eigenvalue weighted by molar-refractivity contribution is -0.139. The smallest absolute Gasteiger partial charge is 0.398 e. The largest absolute Gasteiger partial charge is 0.406 e. The third-order valence-electron chi connectivity index (χ3n) is 3.32. The van der Waals surface area contributed by atoms with E-state index in [0.717, 1.165) is 4.57 Å². The van der Waals surface area contributed by atoms with Crippen LogP contribution in [0.25, 0.3) is 10.9 Å². The Labute approximate surface area is 131 Å². The van der Waals surface area contributed by atoms with Gasteiger partial charge in [0.05, 0.1) is 11.2 Å². The summed E-state index contributed by atoms with van der Waals surface area (Å²) in [4.78, 5) is 7.97. The van der Waals surface area contributed by atoms with Crippen molar-refractivity contribution < 1.29 is 13.2 Å². The number of anilines is 1. The zero-order valence-corrected chi connectivity index (χ0v) is 12.5. The van der Waals surface area contributed by atoms with Gasteiger partial charge in [-0.3, -0.25) is 4.99 Å². The molecule has 0 spiro atoms. The molecule has 124 valence electrons. The minimum atomic E-state index is -4.38. The number of rotatable bonds is 5. The van der Waals surface area contributed by atoms with Crippen LogP contribution in [-0.2, 0) is 6.54 Å². The van der Waals surface area contributed by atoms with Gasteiger partial charge in [-0.1, -0.05) is 6.07 Å². The molecule has 0 amide bonds. The maximum Gasteiger partial charge on any atom is 0.406 e. The van der Waals surface area contributed by atoms with E-state index in [1.807, 2.05) is 0 Å². The van der Waals surface area contributed by atoms with E-state index in [-0.39, 0.29) is 11.5 Å². The Hall–Kier alpha value is -2.35. The number of fused-ring (bicyclic) bond motifs is 1. The fourth-order valence-electron chi connectivity index (χ4n) is 2.33. The van der Waals surface area contributed by atoms with Gasteiger partial charge in [-0.05, 0) is 37.9 Å². The molecule has 0 aliphatic carbocycles. The Kier molecular flexibility index (Phi) is 5.05. The Bertz CT molecular complexity index is 731. The van der Waals surface area contributed by atoms with Gasteiger partial charge in [0.2, 0.25) is 0 Å². The van der Waals surface area contributed by atoms with Gasteiger partial charge in [-0.25, -0.2) is 4.99 Å². The first-order valence-corrected chi connectivity index (χ1v) is 7.03. The molecular formula is C15H18F3N5. The highest BCUT2D eigenvalue weighted by molar-refractivity contribution is 6.06. The number of aromatic nitrogens is 1. The summed E-state index contributed by atoms with van der Waals surface area (Å²) < 4.78 is 40.0. The molecule has 1 aromatic carbocycles. The summed E-state index contributed by atoms with van der Waals surface area (Å²) in [6.07, 6.45) is -3.77. The van der Waals surface area contributed by atoms with Crippen LogP contribution in [-0.4, -0.2) is 36.4 Å². The molecule has 1 aromatic heterocycles. The van der Waals surface area contributed by atoms with E-state index in [1.54, 1.807) is 24.3 Å². The average molecular weight is 325 g/mol. The van der Waals surface area contributed by atoms with Gasteiger partial charge in [0.25, 0.3) is 0 Å². The fourth-order valence-corrected chi connectivity index (χ4v) is 2.33. The van der Waals surface area contributed by atoms with E-state index in [9.17, 15) is 13.2 Å². The SMILES string of the molecule is C=NC(=NCCCN)c1cc2c(N)cccc2n1CC(F)(F)F. The van der Waals surface area contributed by atoms with Crippen molar-refractivity contribution in [2.45, 2.75) is 19.1 Å². The van der Waals surface area contributed by atoms with Crippen LogP contribution in [0.1, 0.15) is 12.1 Å². The molecular weight excluding hydrogens is 307 g/mol. The van der Waals surface area contributed by atoms with Crippen molar-refractivity contribution >= 4 is 29.1 Å². The molecule has 0 aliphatic rings. The predicted molar refractivity (Wildman–Crippen MR) is 87.0 cm³/mol. The van der Waals surface area contributed by atoms with Gasteiger partial charge in [0, 0.05) is 17.6 Å². The van der Waals surface area contributed by atoms with Crippen LogP contribution in [0.4, 0.5) is 18.9 Å². The molecule has 0 fully saturated rings. The van der Waals surface area contributed by atoms with Crippen molar-refractivity contribution in [3.63, 3.8) is 0 Å². The van der Waals surface area contributed by atoms with Gasteiger partial charge < -0.3 is 16.0 Å². The fraction of sp³-hybridized carbons (Fsp3) is 0.333. The first kappa shape index (κ1) is 17.0. The predicted octanol–water partition coefficient (Wildman–Crippen LogP) is 2.58. The highest BCUT2D eigenvalue weighted by Gasteiger charge is 2.30. The van der Waals surface area contributed by atoms with Crippen molar-refractivity contribution in [1.82, 2.24) is 4.57 Å². The van der Waals surface area contributed by atoms with E-state index < -0.39 is 12.7 Å². The second kappa shape index (κ2) is 6.82. The number of nitrogens with two attached hydrogens (primary N) is 2. The number of halogens is 3. The minimum absolute atomic E-state index is 0.151. The number of aliphatic imine (C=N–C) groups is 2. The van der Waals surface area contributed by atoms with Crippen molar-refractivity contribution in [3.8, 4) is 0 Å². The summed E-state index contributed by atoms with van der Waals surface area (Å²) in [6, 6.07) is 6.39. The van der Waals surface area contributed by atoms with Crippen LogP contribution in [0, 0.1) is 0 Å². The second-order valence-corrected chi connectivity index (χ2v) is 5.02. The van der Waals surface area contributed by atoms with Gasteiger partial charge in [-0.2, -0.15) is 13.2 Å². The highest BCUT2D eigenvalue weighted by atomic mass is 19.4. The van der Waals surface area contributed by atoms with Crippen LogP contribution in [0.15, 0.2) is 34.3 Å². The Morgan fingerprint density at radius 1 is 1.30 bits per heavy atom. The lowest BCUT2D eigenvalue weighted by Gasteiger charge is -2.13. The quantitative estimate of drug-likeness (QED) is 0.383. The first-order valence-electron chi connectivity index (χ1n) is 7.03. The normalized spacial score (nSPS) is 12.8. The van der Waals surface area contributed by atoms with E-state index in [2.05, 4.69) is 16.7 Å². The molecule has 0 unspecified atom stereocenters. The number of amidine groups is 1. The summed E-state index contributed by atoms with van der Waals surface area (Å²) in [5, 5.41) is 0.530. The van der Waals surface area contributed by atoms with Crippen molar-refractivity contribution in [2.24, 2.45) is 15.7 Å². The lowest BCUT2D eigenvalue weighted by atomic mass is 10.2. The summed E-state index contributed by atoms with van der Waals surface area (Å²) in [7, 11) is 0. The molecule has 0 aliphatic heterocycles. The molecule has 5 nitrogen and oxygen atoms in total. The average Bonchev–Trinajstić information content (AvgIpc) is 2.82. The third-order valence-corrected chi connectivity index (χ3v) is 3.32. The molecule has 0 bridgehead atoms. The van der Waals surface area contributed by atoms with Crippen molar-refractivity contribution in [1.29, 1.82) is 0 Å². The molecule has 0 saturated heterocycles. The topological polar surface area (TPSA) is 81.7 Å². The molecule has 2 rings (SSSR count). The van der Waals surface area contributed by atoms with Gasteiger partial charge >= 0.3 is 6.18 Å². The molecule has 23 heavy (non-hydrogen) atoms. The van der Waals surface area contributed by atoms with Crippen LogP contribution in [0.2, 0.25) is 0 Å². The maximum atomic E-state index is 12.9. The minimum Gasteiger partial charge on any atom is -0.398 e. The zero-order valence-electron chi connectivity index (χ0n) is 12.5. The molecule has 8 heteroatoms. The number of hydrogen-bond acceptors (Lipinski definition) is 3. The summed E-state index contributed by atoms with van der Waals surface area (Å²) in [6.45, 7) is 3.06. The van der Waals surface area contributed by atoms with E-state index >= 15 is 0 Å². The molecule has 0 atom stereocenters. The lowest BCUT2D eigenvalue weighted by Crippen LogP contribution is -2.21. The Balaban J connectivity index is 2.61. The number of nitrogens with zero attached hydrogens (tertiary/aromatic N) is 3. The summed E-state index contributed by atoms with van der Waals surface area (Å²) in [5.41, 5.74) is 12.3. The molecule has 0 saturated carbocycles. The van der Waals surface area contributed by atoms with Gasteiger partial charge in [0.15, 0.2) is 5.84 Å². The molecule has 0 radical (unpaired) electrons. The second-order valence-electron chi connectivity index (χ2n) is 5.02. The summed E-state index contributed by atoms with van der Waals surface area (Å²) >= 11 is 0. The zero-order chi connectivity index (χ0) is 17.0. The first-order chi connectivity index (χ1) is 10.9. The van der Waals surface area contributed by atoms with Gasteiger partial charge in [0.1, 0.15) is 6.54 Å². The van der Waals surface area contributed by atoms with E-state index in [1.165, 1.54) is 0 Å². The molecule has 2 aromatic rings. The number of hydrogen-bond donors (Lipinski definition) is 2. The van der Waals surface area contributed by atoms with Crippen molar-refractivity contribution in [3.05, 3.63) is 30.0 Å². The number of alkyl halides is 3. The van der Waals surface area contributed by atoms with Crippen LogP contribution >= 0.6 is 0 Å². The Morgan fingerprint density at radius 2 is 2.04 bits per heavy atom. The molecule has 4 N–H and O–H groups in total. The van der Waals surface area contributed by atoms with Gasteiger partial charge in [-0.15, -0.1) is 0 Å². The maximum absolute atomic E-state index is 12.9. The van der Waals surface area contributed by atoms with Crippen molar-refractivity contribution in [2.75, 3.05) is 18.8 Å². The van der Waals surface area contributed by atoms with Crippen LogP contribution in [0.5, 0.6) is 0 Å². The monoisotopic (exact) mass is 325 g/mol. The van der Waals surface area contributed by atoms with Crippen LogP contribution in [0.3, 0.4) is 0 Å². The summed E-state index contributed by atoms with van der Waals surface area (Å²) in [5.74, 6) is 0.151. The number of benzene rings is 1. The van der Waals surface area contributed by atoms with E-state index in [0.29, 0.717) is 36.1 Å². The van der Waals surface area contributed by atoms with E-state index in [4.69, 9.17) is 11.5 Å². The third kappa shape index (κ3) is 3.89. The standard InChI is InChI=1S/C15H18F3N5/c1-21-14(22-7-3-6-19)13-8-10-11(20)4-2-5-12(10)23(13)9-15(16,17)18/h2,4-5,8H,1,3,6-7,9,19-20H2. The Morgan fingerprint density at radius 3 is 2.65 bits per heavy atom. The molecule has 1 heterocycles. The highest BCUT2D eigenvalue weighted by Crippen LogP contribution is 2.29. The number of nitrogen functional groups attached to an aromatic ring is 1. The van der Waals surface area contributed by atoms with Crippen LogP contribution < -0.4 is 11.5 Å².